The lowest BCUT2D eigenvalue weighted by Gasteiger charge is -2.08. The van der Waals surface area contributed by atoms with Gasteiger partial charge in [-0.3, -0.25) is 4.40 Å². The number of halogens is 1. The monoisotopic (exact) mass is 369 g/mol. The Labute approximate surface area is 160 Å². The van der Waals surface area contributed by atoms with E-state index in [0.29, 0.717) is 11.3 Å². The van der Waals surface area contributed by atoms with E-state index >= 15 is 0 Å². The summed E-state index contributed by atoms with van der Waals surface area (Å²) < 4.78 is 21.5. The summed E-state index contributed by atoms with van der Waals surface area (Å²) in [6.45, 7) is 0.185. The lowest BCUT2D eigenvalue weighted by Crippen LogP contribution is -1.98. The Morgan fingerprint density at radius 2 is 1.57 bits per heavy atom. The van der Waals surface area contributed by atoms with Crippen LogP contribution >= 0.6 is 0 Å². The Bertz CT molecular complexity index is 1280. The molecule has 4 nitrogen and oxygen atoms in total. The van der Waals surface area contributed by atoms with E-state index < -0.39 is 0 Å². The number of benzene rings is 3. The summed E-state index contributed by atoms with van der Waals surface area (Å²) >= 11 is 0. The summed E-state index contributed by atoms with van der Waals surface area (Å²) in [6.07, 6.45) is 0. The van der Waals surface area contributed by atoms with Crippen LogP contribution in [0.1, 0.15) is 5.56 Å². The first-order chi connectivity index (χ1) is 13.8. The van der Waals surface area contributed by atoms with Crippen molar-refractivity contribution in [3.05, 3.63) is 96.3 Å². The predicted molar refractivity (Wildman–Crippen MR) is 107 cm³/mol. The van der Waals surface area contributed by atoms with Gasteiger partial charge in [0.1, 0.15) is 18.2 Å². The average molecular weight is 369 g/mol. The van der Waals surface area contributed by atoms with E-state index in [1.807, 2.05) is 52.9 Å². The highest BCUT2D eigenvalue weighted by molar-refractivity contribution is 5.83. The van der Waals surface area contributed by atoms with Gasteiger partial charge in [0.25, 0.3) is 0 Å². The number of aromatic nitrogens is 3. The molecule has 0 atom stereocenters. The molecule has 5 rings (SSSR count). The Balaban J connectivity index is 1.46. The Hall–Kier alpha value is -3.73. The summed E-state index contributed by atoms with van der Waals surface area (Å²) in [5.74, 6) is 1.18. The van der Waals surface area contributed by atoms with Gasteiger partial charge in [-0.05, 0) is 53.9 Å². The van der Waals surface area contributed by atoms with Crippen molar-refractivity contribution in [2.24, 2.45) is 0 Å². The number of ether oxygens (including phenoxy) is 1. The van der Waals surface area contributed by atoms with Crippen LogP contribution in [-0.4, -0.2) is 14.6 Å². The smallest absolute Gasteiger partial charge is 0.168 e. The molecule has 0 fully saturated rings. The molecule has 136 valence electrons. The summed E-state index contributed by atoms with van der Waals surface area (Å²) in [4.78, 5) is 0. The van der Waals surface area contributed by atoms with Crippen LogP contribution in [-0.2, 0) is 6.61 Å². The van der Waals surface area contributed by atoms with Gasteiger partial charge in [0.15, 0.2) is 11.5 Å². The van der Waals surface area contributed by atoms with Crippen LogP contribution in [0.4, 0.5) is 4.39 Å². The van der Waals surface area contributed by atoms with Crippen molar-refractivity contribution >= 4 is 16.6 Å². The molecule has 0 aliphatic carbocycles. The molecule has 0 aliphatic rings. The van der Waals surface area contributed by atoms with Gasteiger partial charge in [0, 0.05) is 11.1 Å². The first-order valence-corrected chi connectivity index (χ1v) is 8.99. The van der Waals surface area contributed by atoms with Crippen LogP contribution in [0.3, 0.4) is 0 Å². The summed E-state index contributed by atoms with van der Waals surface area (Å²) in [5.41, 5.74) is 3.32. The SMILES string of the molecule is Fc1ccccc1COc1ccc(-c2nnc3ccc4ccccc4n23)cc1. The second-order valence-electron chi connectivity index (χ2n) is 6.51. The fourth-order valence-corrected chi connectivity index (χ4v) is 3.30. The topological polar surface area (TPSA) is 39.4 Å². The maximum absolute atomic E-state index is 13.7. The zero-order valence-electron chi connectivity index (χ0n) is 14.9. The van der Waals surface area contributed by atoms with E-state index in [-0.39, 0.29) is 12.4 Å². The van der Waals surface area contributed by atoms with E-state index in [9.17, 15) is 4.39 Å². The quantitative estimate of drug-likeness (QED) is 0.433. The number of rotatable bonds is 4. The van der Waals surface area contributed by atoms with E-state index in [2.05, 4.69) is 22.3 Å². The van der Waals surface area contributed by atoms with E-state index in [1.165, 1.54) is 6.07 Å². The van der Waals surface area contributed by atoms with Gasteiger partial charge in [-0.15, -0.1) is 10.2 Å². The molecule has 0 saturated carbocycles. The molecular formula is C23H16FN3O. The molecule has 0 saturated heterocycles. The predicted octanol–water partition coefficient (Wildman–Crippen LogP) is 5.27. The third kappa shape index (κ3) is 2.87. The normalized spacial score (nSPS) is 11.2. The highest BCUT2D eigenvalue weighted by Crippen LogP contribution is 2.25. The van der Waals surface area contributed by atoms with Crippen LogP contribution < -0.4 is 4.74 Å². The highest BCUT2D eigenvalue weighted by atomic mass is 19.1. The maximum atomic E-state index is 13.7. The Kier molecular flexibility index (Phi) is 3.98. The molecule has 0 N–H and O–H groups in total. The molecule has 28 heavy (non-hydrogen) atoms. The summed E-state index contributed by atoms with van der Waals surface area (Å²) in [5, 5.41) is 9.79. The van der Waals surface area contributed by atoms with Crippen molar-refractivity contribution in [2.75, 3.05) is 0 Å². The Morgan fingerprint density at radius 3 is 2.43 bits per heavy atom. The molecular weight excluding hydrogens is 353 g/mol. The number of pyridine rings is 1. The standard InChI is InChI=1S/C23H16FN3O/c24-20-7-3-1-6-18(20)15-28-19-12-9-17(10-13-19)23-26-25-22-14-11-16-5-2-4-8-21(16)27(22)23/h1-14H,15H2. The molecule has 0 radical (unpaired) electrons. The average Bonchev–Trinajstić information content (AvgIpc) is 3.18. The highest BCUT2D eigenvalue weighted by Gasteiger charge is 2.11. The molecule has 3 aromatic carbocycles. The van der Waals surface area contributed by atoms with E-state index in [1.54, 1.807) is 18.2 Å². The van der Waals surface area contributed by atoms with Crippen molar-refractivity contribution in [1.29, 1.82) is 0 Å². The third-order valence-electron chi connectivity index (χ3n) is 4.74. The van der Waals surface area contributed by atoms with Crippen LogP contribution in [0.15, 0.2) is 84.9 Å². The Morgan fingerprint density at radius 1 is 0.786 bits per heavy atom. The molecule has 5 heteroatoms. The van der Waals surface area contributed by atoms with Gasteiger partial charge < -0.3 is 4.74 Å². The lowest BCUT2D eigenvalue weighted by atomic mass is 10.2. The molecule has 0 unspecified atom stereocenters. The molecule has 0 aliphatic heterocycles. The third-order valence-corrected chi connectivity index (χ3v) is 4.74. The second kappa shape index (κ2) is 6.78. The van der Waals surface area contributed by atoms with Crippen LogP contribution in [0.25, 0.3) is 27.9 Å². The zero-order valence-corrected chi connectivity index (χ0v) is 14.9. The zero-order chi connectivity index (χ0) is 18.9. The van der Waals surface area contributed by atoms with Gasteiger partial charge in [0.05, 0.1) is 5.52 Å². The van der Waals surface area contributed by atoms with Crippen molar-refractivity contribution in [1.82, 2.24) is 14.6 Å². The number of hydrogen-bond acceptors (Lipinski definition) is 3. The van der Waals surface area contributed by atoms with Crippen molar-refractivity contribution < 1.29 is 9.13 Å². The second-order valence-corrected chi connectivity index (χ2v) is 6.51. The molecule has 0 amide bonds. The van der Waals surface area contributed by atoms with E-state index in [4.69, 9.17) is 4.74 Å². The first-order valence-electron chi connectivity index (χ1n) is 8.99. The fourth-order valence-electron chi connectivity index (χ4n) is 3.30. The lowest BCUT2D eigenvalue weighted by molar-refractivity contribution is 0.300. The van der Waals surface area contributed by atoms with Crippen molar-refractivity contribution in [3.63, 3.8) is 0 Å². The largest absolute Gasteiger partial charge is 0.489 e. The minimum atomic E-state index is -0.263. The fraction of sp³-hybridized carbons (Fsp3) is 0.0435. The summed E-state index contributed by atoms with van der Waals surface area (Å²) in [7, 11) is 0. The first kappa shape index (κ1) is 16.4. The minimum Gasteiger partial charge on any atom is -0.489 e. The van der Waals surface area contributed by atoms with Gasteiger partial charge >= 0.3 is 0 Å². The molecule has 5 aromatic rings. The molecule has 0 spiro atoms. The van der Waals surface area contributed by atoms with Gasteiger partial charge in [0.2, 0.25) is 0 Å². The maximum Gasteiger partial charge on any atom is 0.168 e. The molecule has 0 bridgehead atoms. The van der Waals surface area contributed by atoms with Gasteiger partial charge in [-0.25, -0.2) is 4.39 Å². The van der Waals surface area contributed by atoms with Crippen molar-refractivity contribution in [3.8, 4) is 17.1 Å². The van der Waals surface area contributed by atoms with Gasteiger partial charge in [-0.2, -0.15) is 0 Å². The summed E-state index contributed by atoms with van der Waals surface area (Å²) in [6, 6.07) is 26.4. The number of hydrogen-bond donors (Lipinski definition) is 0. The minimum absolute atomic E-state index is 0.185. The molecule has 2 heterocycles. The van der Waals surface area contributed by atoms with Gasteiger partial charge in [-0.1, -0.05) is 36.4 Å². The van der Waals surface area contributed by atoms with Crippen LogP contribution in [0.5, 0.6) is 5.75 Å². The number of fused-ring (bicyclic) bond motifs is 3. The molecule has 2 aromatic heterocycles. The number of para-hydroxylation sites is 1. The van der Waals surface area contributed by atoms with Crippen molar-refractivity contribution in [2.45, 2.75) is 6.61 Å². The van der Waals surface area contributed by atoms with Crippen LogP contribution in [0.2, 0.25) is 0 Å². The van der Waals surface area contributed by atoms with Crippen LogP contribution in [0, 0.1) is 5.82 Å². The number of nitrogens with zero attached hydrogens (tertiary/aromatic N) is 3. The van der Waals surface area contributed by atoms with E-state index in [0.717, 1.165) is 27.9 Å².